The number of aromatic nitrogens is 5. The molecule has 3 rings (SSSR count). The predicted octanol–water partition coefficient (Wildman–Crippen LogP) is 0.632. The van der Waals surface area contributed by atoms with Crippen LogP contribution in [0.25, 0.3) is 22.7 Å². The van der Waals surface area contributed by atoms with Crippen LogP contribution in [-0.2, 0) is 0 Å². The van der Waals surface area contributed by atoms with Gasteiger partial charge in [-0.05, 0) is 22.4 Å². The molecule has 4 N–H and O–H groups in total. The molecule has 0 aliphatic carbocycles. The van der Waals surface area contributed by atoms with E-state index in [4.69, 9.17) is 5.73 Å². The van der Waals surface area contributed by atoms with Gasteiger partial charge in [0, 0.05) is 7.05 Å². The number of hydrogen-bond acceptors (Lipinski definition) is 7. The minimum absolute atomic E-state index is 0.192. The van der Waals surface area contributed by atoms with Crippen molar-refractivity contribution in [3.05, 3.63) is 12.1 Å². The Balaban J connectivity index is 2.17. The molecule has 3 heterocycles. The van der Waals surface area contributed by atoms with Crippen molar-refractivity contribution in [2.24, 2.45) is 0 Å². The number of hydrogen-bond donors (Lipinski definition) is 3. The SMILES string of the molecule is CNc1ccc2[nH]c(-c3nonc3N)nc2n1. The highest BCUT2D eigenvalue weighted by molar-refractivity contribution is 5.78. The van der Waals surface area contributed by atoms with E-state index in [-0.39, 0.29) is 5.82 Å². The zero-order valence-corrected chi connectivity index (χ0v) is 8.93. The molecule has 0 amide bonds. The summed E-state index contributed by atoms with van der Waals surface area (Å²) in [5, 5.41) is 10.1. The molecule has 0 saturated heterocycles. The topological polar surface area (TPSA) is 119 Å². The average Bonchev–Trinajstić information content (AvgIpc) is 2.93. The second-order valence-electron chi connectivity index (χ2n) is 3.40. The van der Waals surface area contributed by atoms with Crippen molar-refractivity contribution in [3.63, 3.8) is 0 Å². The Morgan fingerprint density at radius 1 is 1.29 bits per heavy atom. The first-order chi connectivity index (χ1) is 8.28. The van der Waals surface area contributed by atoms with Crippen LogP contribution in [0.2, 0.25) is 0 Å². The summed E-state index contributed by atoms with van der Waals surface area (Å²) in [4.78, 5) is 11.6. The standard InChI is InChI=1S/C9H9N7O/c1-11-5-3-2-4-8(13-5)14-9(12-4)6-7(10)16-17-15-6/h2-3H,1H3,(H2,10,16)(H2,11,12,13,14). The predicted molar refractivity (Wildman–Crippen MR) is 61.1 cm³/mol. The first-order valence-electron chi connectivity index (χ1n) is 4.91. The summed E-state index contributed by atoms with van der Waals surface area (Å²) in [7, 11) is 1.79. The van der Waals surface area contributed by atoms with Crippen molar-refractivity contribution in [1.82, 2.24) is 25.3 Å². The molecule has 0 aromatic carbocycles. The van der Waals surface area contributed by atoms with Crippen LogP contribution in [0.3, 0.4) is 0 Å². The van der Waals surface area contributed by atoms with E-state index in [1.165, 1.54) is 0 Å². The molecular formula is C9H9N7O. The van der Waals surface area contributed by atoms with E-state index in [0.717, 1.165) is 11.3 Å². The summed E-state index contributed by atoms with van der Waals surface area (Å²) >= 11 is 0. The maximum absolute atomic E-state index is 5.59. The van der Waals surface area contributed by atoms with Crippen LogP contribution in [0.15, 0.2) is 16.8 Å². The normalized spacial score (nSPS) is 10.9. The Labute approximate surface area is 95.2 Å². The number of nitrogens with one attached hydrogen (secondary N) is 2. The minimum Gasteiger partial charge on any atom is -0.379 e. The van der Waals surface area contributed by atoms with E-state index in [0.29, 0.717) is 17.2 Å². The third-order valence-corrected chi connectivity index (χ3v) is 2.34. The van der Waals surface area contributed by atoms with Gasteiger partial charge in [-0.25, -0.2) is 14.6 Å². The third kappa shape index (κ3) is 1.46. The summed E-state index contributed by atoms with van der Waals surface area (Å²) in [6.07, 6.45) is 0. The van der Waals surface area contributed by atoms with Crippen LogP contribution in [-0.4, -0.2) is 32.3 Å². The molecule has 0 aliphatic rings. The second-order valence-corrected chi connectivity index (χ2v) is 3.40. The van der Waals surface area contributed by atoms with Gasteiger partial charge >= 0.3 is 0 Å². The van der Waals surface area contributed by atoms with Crippen LogP contribution < -0.4 is 11.1 Å². The van der Waals surface area contributed by atoms with Crippen molar-refractivity contribution in [3.8, 4) is 11.5 Å². The number of nitrogens with two attached hydrogens (primary N) is 1. The van der Waals surface area contributed by atoms with Gasteiger partial charge in [-0.3, -0.25) is 0 Å². The van der Waals surface area contributed by atoms with E-state index in [1.54, 1.807) is 7.05 Å². The Kier molecular flexibility index (Phi) is 1.94. The maximum Gasteiger partial charge on any atom is 0.199 e. The highest BCUT2D eigenvalue weighted by Gasteiger charge is 2.14. The summed E-state index contributed by atoms with van der Waals surface area (Å²) in [6, 6.07) is 3.71. The molecular weight excluding hydrogens is 222 g/mol. The Morgan fingerprint density at radius 3 is 2.88 bits per heavy atom. The monoisotopic (exact) mass is 231 g/mol. The van der Waals surface area contributed by atoms with Gasteiger partial charge in [-0.2, -0.15) is 0 Å². The maximum atomic E-state index is 5.59. The Morgan fingerprint density at radius 2 is 2.18 bits per heavy atom. The van der Waals surface area contributed by atoms with Crippen molar-refractivity contribution < 1.29 is 4.63 Å². The first kappa shape index (κ1) is 9.58. The van der Waals surface area contributed by atoms with Gasteiger partial charge in [0.25, 0.3) is 0 Å². The molecule has 0 radical (unpaired) electrons. The lowest BCUT2D eigenvalue weighted by Gasteiger charge is -1.95. The third-order valence-electron chi connectivity index (χ3n) is 2.34. The van der Waals surface area contributed by atoms with Gasteiger partial charge in [0.05, 0.1) is 5.52 Å². The molecule has 0 saturated carbocycles. The lowest BCUT2D eigenvalue weighted by atomic mass is 10.4. The van der Waals surface area contributed by atoms with Crippen molar-refractivity contribution in [2.45, 2.75) is 0 Å². The molecule has 0 unspecified atom stereocenters. The molecule has 0 bridgehead atoms. The highest BCUT2D eigenvalue weighted by atomic mass is 16.6. The molecule has 0 spiro atoms. The molecule has 17 heavy (non-hydrogen) atoms. The van der Waals surface area contributed by atoms with Gasteiger partial charge in [-0.15, -0.1) is 0 Å². The largest absolute Gasteiger partial charge is 0.379 e. The number of nitrogens with zero attached hydrogens (tertiary/aromatic N) is 4. The van der Waals surface area contributed by atoms with E-state index in [1.807, 2.05) is 12.1 Å². The fourth-order valence-electron chi connectivity index (χ4n) is 1.50. The van der Waals surface area contributed by atoms with Crippen LogP contribution in [0.5, 0.6) is 0 Å². The van der Waals surface area contributed by atoms with Crippen LogP contribution in [0, 0.1) is 0 Å². The van der Waals surface area contributed by atoms with Gasteiger partial charge in [-0.1, -0.05) is 0 Å². The average molecular weight is 231 g/mol. The van der Waals surface area contributed by atoms with E-state index >= 15 is 0 Å². The molecule has 8 nitrogen and oxygen atoms in total. The fourth-order valence-corrected chi connectivity index (χ4v) is 1.50. The second kappa shape index (κ2) is 3.44. The van der Waals surface area contributed by atoms with Gasteiger partial charge in [0.2, 0.25) is 0 Å². The number of aromatic amines is 1. The molecule has 0 fully saturated rings. The number of anilines is 2. The molecule has 0 aliphatic heterocycles. The lowest BCUT2D eigenvalue weighted by Crippen LogP contribution is -1.91. The number of imidazole rings is 1. The zero-order chi connectivity index (χ0) is 11.8. The van der Waals surface area contributed by atoms with Crippen molar-refractivity contribution in [1.29, 1.82) is 0 Å². The summed E-state index contributed by atoms with van der Waals surface area (Å²) in [6.45, 7) is 0. The summed E-state index contributed by atoms with van der Waals surface area (Å²) < 4.78 is 4.52. The van der Waals surface area contributed by atoms with Gasteiger partial charge < -0.3 is 16.0 Å². The smallest absolute Gasteiger partial charge is 0.199 e. The number of H-pyrrole nitrogens is 1. The molecule has 3 aromatic heterocycles. The Hall–Kier alpha value is -2.64. The Bertz CT molecular complexity index is 671. The summed E-state index contributed by atoms with van der Waals surface area (Å²) in [5.74, 6) is 1.42. The number of rotatable bonds is 2. The first-order valence-corrected chi connectivity index (χ1v) is 4.91. The van der Waals surface area contributed by atoms with Crippen LogP contribution in [0.4, 0.5) is 11.6 Å². The quantitative estimate of drug-likeness (QED) is 0.591. The minimum atomic E-state index is 0.192. The zero-order valence-electron chi connectivity index (χ0n) is 8.93. The molecule has 8 heteroatoms. The van der Waals surface area contributed by atoms with Crippen LogP contribution >= 0.6 is 0 Å². The fraction of sp³-hybridized carbons (Fsp3) is 0.111. The van der Waals surface area contributed by atoms with E-state index < -0.39 is 0 Å². The van der Waals surface area contributed by atoms with Crippen LogP contribution in [0.1, 0.15) is 0 Å². The number of fused-ring (bicyclic) bond motifs is 1. The number of pyridine rings is 1. The number of nitrogen functional groups attached to an aromatic ring is 1. The molecule has 86 valence electrons. The highest BCUT2D eigenvalue weighted by Crippen LogP contribution is 2.22. The molecule has 0 atom stereocenters. The van der Waals surface area contributed by atoms with Crippen molar-refractivity contribution >= 4 is 22.8 Å². The van der Waals surface area contributed by atoms with Crippen molar-refractivity contribution in [2.75, 3.05) is 18.1 Å². The van der Waals surface area contributed by atoms with Gasteiger partial charge in [0.1, 0.15) is 5.82 Å². The summed E-state index contributed by atoms with van der Waals surface area (Å²) in [5.41, 5.74) is 7.34. The van der Waals surface area contributed by atoms with E-state index in [9.17, 15) is 0 Å². The lowest BCUT2D eigenvalue weighted by molar-refractivity contribution is 0.310. The van der Waals surface area contributed by atoms with Gasteiger partial charge in [0.15, 0.2) is 23.0 Å². The molecule has 3 aromatic rings. The van der Waals surface area contributed by atoms with E-state index in [2.05, 4.69) is 35.2 Å².